The van der Waals surface area contributed by atoms with Crippen LogP contribution in [0.1, 0.15) is 55.4 Å². The SMILES string of the molecule is CCC(=O)n1c(C)c(CCC(C)C)n(Cc2ccc(-c3ccccc3-c3nn[nH]n3)cc2)c1=O. The maximum absolute atomic E-state index is 13.2. The number of aromatic amines is 1. The van der Waals surface area contributed by atoms with Gasteiger partial charge in [-0.2, -0.15) is 5.21 Å². The van der Waals surface area contributed by atoms with E-state index in [0.29, 0.717) is 24.7 Å². The molecule has 2 aromatic carbocycles. The number of carbonyl (C=O) groups excluding carboxylic acids is 1. The molecule has 1 N–H and O–H groups in total. The lowest BCUT2D eigenvalue weighted by Crippen LogP contribution is -2.29. The van der Waals surface area contributed by atoms with E-state index in [-0.39, 0.29) is 11.6 Å². The Hall–Kier alpha value is -3.81. The molecule has 0 bridgehead atoms. The third kappa shape index (κ3) is 4.62. The molecule has 0 atom stereocenters. The summed E-state index contributed by atoms with van der Waals surface area (Å²) in [6.07, 6.45) is 2.01. The van der Waals surface area contributed by atoms with E-state index in [1.165, 1.54) is 4.57 Å². The normalized spacial score (nSPS) is 11.3. The molecule has 0 fully saturated rings. The Morgan fingerprint density at radius 3 is 2.38 bits per heavy atom. The summed E-state index contributed by atoms with van der Waals surface area (Å²) in [7, 11) is 0. The lowest BCUT2D eigenvalue weighted by atomic mass is 9.98. The van der Waals surface area contributed by atoms with Crippen molar-refractivity contribution in [1.29, 1.82) is 0 Å². The maximum Gasteiger partial charge on any atom is 0.335 e. The van der Waals surface area contributed by atoms with Gasteiger partial charge in [0.05, 0.1) is 6.54 Å². The predicted molar refractivity (Wildman–Crippen MR) is 132 cm³/mol. The molecule has 34 heavy (non-hydrogen) atoms. The van der Waals surface area contributed by atoms with Crippen molar-refractivity contribution in [3.63, 3.8) is 0 Å². The van der Waals surface area contributed by atoms with Crippen LogP contribution in [-0.4, -0.2) is 35.7 Å². The molecule has 0 aliphatic carbocycles. The molecule has 0 amide bonds. The van der Waals surface area contributed by atoms with Gasteiger partial charge < -0.3 is 0 Å². The average Bonchev–Trinajstić information content (AvgIpc) is 3.45. The van der Waals surface area contributed by atoms with Crippen LogP contribution in [0.25, 0.3) is 22.5 Å². The Bertz CT molecular complexity index is 1330. The van der Waals surface area contributed by atoms with Gasteiger partial charge >= 0.3 is 5.69 Å². The Kier molecular flexibility index (Phi) is 6.86. The van der Waals surface area contributed by atoms with E-state index in [4.69, 9.17) is 0 Å². The fourth-order valence-corrected chi connectivity index (χ4v) is 4.24. The van der Waals surface area contributed by atoms with E-state index < -0.39 is 0 Å². The molecule has 0 saturated carbocycles. The molecule has 0 unspecified atom stereocenters. The number of rotatable bonds is 8. The van der Waals surface area contributed by atoms with Crippen molar-refractivity contribution in [3.8, 4) is 22.5 Å². The van der Waals surface area contributed by atoms with Crippen LogP contribution in [0.5, 0.6) is 0 Å². The number of hydrogen-bond donors (Lipinski definition) is 1. The Morgan fingerprint density at radius 2 is 1.76 bits per heavy atom. The molecule has 2 heterocycles. The molecule has 8 nitrogen and oxygen atoms in total. The molecule has 0 radical (unpaired) electrons. The number of nitrogens with one attached hydrogen (secondary N) is 1. The first-order valence-corrected chi connectivity index (χ1v) is 11.7. The van der Waals surface area contributed by atoms with Crippen LogP contribution in [0, 0.1) is 12.8 Å². The van der Waals surface area contributed by atoms with Gasteiger partial charge in [0.2, 0.25) is 11.7 Å². The Morgan fingerprint density at radius 1 is 1.06 bits per heavy atom. The zero-order valence-electron chi connectivity index (χ0n) is 20.1. The smallest absolute Gasteiger partial charge is 0.291 e. The number of nitrogens with zero attached hydrogens (tertiary/aromatic N) is 5. The minimum atomic E-state index is -0.255. The van der Waals surface area contributed by atoms with Gasteiger partial charge in [0.1, 0.15) is 0 Å². The molecule has 2 aromatic heterocycles. The van der Waals surface area contributed by atoms with Crippen molar-refractivity contribution in [3.05, 3.63) is 76.0 Å². The van der Waals surface area contributed by atoms with Gasteiger partial charge in [-0.3, -0.25) is 9.36 Å². The third-order valence-electron chi connectivity index (χ3n) is 6.13. The van der Waals surface area contributed by atoms with E-state index in [9.17, 15) is 9.59 Å². The number of tetrazole rings is 1. The van der Waals surface area contributed by atoms with E-state index in [1.807, 2.05) is 55.5 Å². The highest BCUT2D eigenvalue weighted by atomic mass is 16.2. The summed E-state index contributed by atoms with van der Waals surface area (Å²) in [6.45, 7) is 8.40. The van der Waals surface area contributed by atoms with Crippen molar-refractivity contribution in [1.82, 2.24) is 29.8 Å². The molecule has 4 aromatic rings. The van der Waals surface area contributed by atoms with E-state index in [0.717, 1.165) is 46.5 Å². The highest BCUT2D eigenvalue weighted by Crippen LogP contribution is 2.30. The molecule has 4 rings (SSSR count). The quantitative estimate of drug-likeness (QED) is 0.419. The van der Waals surface area contributed by atoms with Gasteiger partial charge in [-0.05, 0) is 47.6 Å². The van der Waals surface area contributed by atoms with Crippen molar-refractivity contribution in [2.24, 2.45) is 5.92 Å². The van der Waals surface area contributed by atoms with Gasteiger partial charge in [-0.1, -0.05) is 69.3 Å². The summed E-state index contributed by atoms with van der Waals surface area (Å²) in [4.78, 5) is 25.7. The van der Waals surface area contributed by atoms with Crippen LogP contribution >= 0.6 is 0 Å². The highest BCUT2D eigenvalue weighted by molar-refractivity contribution is 5.80. The Balaban J connectivity index is 1.67. The first kappa shape index (κ1) is 23.4. The first-order chi connectivity index (χ1) is 16.4. The van der Waals surface area contributed by atoms with Crippen molar-refractivity contribution in [2.45, 2.75) is 53.5 Å². The topological polar surface area (TPSA) is 98.5 Å². The first-order valence-electron chi connectivity index (χ1n) is 11.7. The van der Waals surface area contributed by atoms with Crippen molar-refractivity contribution >= 4 is 5.91 Å². The van der Waals surface area contributed by atoms with Crippen molar-refractivity contribution in [2.75, 3.05) is 0 Å². The molecule has 0 spiro atoms. The maximum atomic E-state index is 13.2. The summed E-state index contributed by atoms with van der Waals surface area (Å²) >= 11 is 0. The molecule has 176 valence electrons. The lowest BCUT2D eigenvalue weighted by Gasteiger charge is -2.11. The molecule has 0 aliphatic heterocycles. The van der Waals surface area contributed by atoms with E-state index in [2.05, 4.69) is 34.5 Å². The van der Waals surface area contributed by atoms with Crippen LogP contribution in [-0.2, 0) is 13.0 Å². The predicted octanol–water partition coefficient (Wildman–Crippen LogP) is 4.49. The second-order valence-electron chi connectivity index (χ2n) is 8.89. The molecular formula is C26H30N6O2. The number of aromatic nitrogens is 6. The second kappa shape index (κ2) is 9.99. The largest absolute Gasteiger partial charge is 0.335 e. The summed E-state index contributed by atoms with van der Waals surface area (Å²) in [5.74, 6) is 0.880. The summed E-state index contributed by atoms with van der Waals surface area (Å²) in [6, 6.07) is 16.0. The van der Waals surface area contributed by atoms with Gasteiger partial charge in [0.15, 0.2) is 0 Å². The number of benzene rings is 2. The van der Waals surface area contributed by atoms with Gasteiger partial charge in [0, 0.05) is 23.4 Å². The molecule has 0 aliphatic rings. The zero-order chi connectivity index (χ0) is 24.2. The number of carbonyl (C=O) groups is 1. The highest BCUT2D eigenvalue weighted by Gasteiger charge is 2.21. The molecule has 0 saturated heterocycles. The number of imidazole rings is 1. The van der Waals surface area contributed by atoms with Crippen LogP contribution < -0.4 is 5.69 Å². The van der Waals surface area contributed by atoms with E-state index in [1.54, 1.807) is 11.5 Å². The number of H-pyrrole nitrogens is 1. The third-order valence-corrected chi connectivity index (χ3v) is 6.13. The standard InChI is InChI=1S/C26H30N6O2/c1-5-24(33)32-18(4)23(15-10-17(2)3)31(26(32)34)16-19-11-13-20(14-12-19)21-8-6-7-9-22(21)25-27-29-30-28-25/h6-9,11-14,17H,5,10,15-16H2,1-4H3,(H,27,28,29,30). The van der Waals surface area contributed by atoms with Gasteiger partial charge in [-0.15, -0.1) is 10.2 Å². The van der Waals surface area contributed by atoms with Crippen LogP contribution in [0.4, 0.5) is 0 Å². The summed E-state index contributed by atoms with van der Waals surface area (Å²) < 4.78 is 3.10. The fraction of sp³-hybridized carbons (Fsp3) is 0.346. The summed E-state index contributed by atoms with van der Waals surface area (Å²) in [5.41, 5.74) is 5.34. The number of hydrogen-bond acceptors (Lipinski definition) is 5. The second-order valence-corrected chi connectivity index (χ2v) is 8.89. The molecular weight excluding hydrogens is 428 g/mol. The summed E-state index contributed by atoms with van der Waals surface area (Å²) in [5, 5.41) is 14.4. The Labute approximate surface area is 198 Å². The van der Waals surface area contributed by atoms with Crippen LogP contribution in [0.3, 0.4) is 0 Å². The van der Waals surface area contributed by atoms with Crippen LogP contribution in [0.2, 0.25) is 0 Å². The van der Waals surface area contributed by atoms with Gasteiger partial charge in [0.25, 0.3) is 0 Å². The average molecular weight is 459 g/mol. The monoisotopic (exact) mass is 458 g/mol. The van der Waals surface area contributed by atoms with Gasteiger partial charge in [-0.25, -0.2) is 9.36 Å². The fourth-order valence-electron chi connectivity index (χ4n) is 4.24. The lowest BCUT2D eigenvalue weighted by molar-refractivity contribution is 0.0902. The zero-order valence-corrected chi connectivity index (χ0v) is 20.1. The van der Waals surface area contributed by atoms with Crippen molar-refractivity contribution < 1.29 is 4.79 Å². The minimum Gasteiger partial charge on any atom is -0.291 e. The minimum absolute atomic E-state index is 0.166. The van der Waals surface area contributed by atoms with E-state index >= 15 is 0 Å². The van der Waals surface area contributed by atoms with Crippen LogP contribution in [0.15, 0.2) is 53.3 Å². The molecule has 8 heteroatoms.